The zero-order valence-electron chi connectivity index (χ0n) is 17.1. The van der Waals surface area contributed by atoms with E-state index in [1.165, 1.54) is 17.8 Å². The van der Waals surface area contributed by atoms with Crippen LogP contribution in [0.2, 0.25) is 10.0 Å². The molecule has 2 amide bonds. The Morgan fingerprint density at radius 3 is 2.56 bits per heavy atom. The number of allylic oxidation sites excluding steroid dienone is 1. The third-order valence-electron chi connectivity index (χ3n) is 4.35. The Morgan fingerprint density at radius 1 is 1.06 bits per heavy atom. The van der Waals surface area contributed by atoms with Crippen LogP contribution < -0.4 is 10.6 Å². The number of nitrogens with zero attached hydrogens (tertiary/aromatic N) is 3. The first-order chi connectivity index (χ1) is 15.5. The molecule has 7 nitrogen and oxygen atoms in total. The Balaban J connectivity index is 1.57. The molecular weight excluding hydrogens is 469 g/mol. The van der Waals surface area contributed by atoms with Crippen LogP contribution in [0.1, 0.15) is 21.7 Å². The summed E-state index contributed by atoms with van der Waals surface area (Å²) in [7, 11) is 0. The lowest BCUT2D eigenvalue weighted by Gasteiger charge is -2.10. The second-order valence-electron chi connectivity index (χ2n) is 6.66. The van der Waals surface area contributed by atoms with Crippen molar-refractivity contribution in [3.8, 4) is 0 Å². The summed E-state index contributed by atoms with van der Waals surface area (Å²) in [4.78, 5) is 24.7. The Hall–Kier alpha value is -2.81. The van der Waals surface area contributed by atoms with Gasteiger partial charge in [-0.3, -0.25) is 9.59 Å². The van der Waals surface area contributed by atoms with E-state index in [1.54, 1.807) is 22.8 Å². The van der Waals surface area contributed by atoms with E-state index in [1.807, 2.05) is 30.3 Å². The minimum absolute atomic E-state index is 0.112. The highest BCUT2D eigenvalue weighted by Gasteiger charge is 2.16. The molecule has 0 saturated carbocycles. The van der Waals surface area contributed by atoms with Crippen molar-refractivity contribution in [2.45, 2.75) is 24.8 Å². The first-order valence-electron chi connectivity index (χ1n) is 9.67. The third kappa shape index (κ3) is 6.59. The monoisotopic (exact) mass is 489 g/mol. The number of aromatic nitrogens is 3. The number of carbonyl (C=O) groups is 2. The van der Waals surface area contributed by atoms with Crippen molar-refractivity contribution in [3.63, 3.8) is 0 Å². The van der Waals surface area contributed by atoms with Crippen LogP contribution >= 0.6 is 35.0 Å². The zero-order valence-corrected chi connectivity index (χ0v) is 19.4. The second-order valence-corrected chi connectivity index (χ2v) is 8.44. The van der Waals surface area contributed by atoms with Gasteiger partial charge in [0, 0.05) is 18.1 Å². The smallest absolute Gasteiger partial charge is 0.253 e. The highest BCUT2D eigenvalue weighted by atomic mass is 35.5. The number of amides is 2. The number of nitrogens with one attached hydrogen (secondary N) is 2. The van der Waals surface area contributed by atoms with Crippen molar-refractivity contribution in [3.05, 3.63) is 88.2 Å². The zero-order chi connectivity index (χ0) is 22.9. The molecule has 1 heterocycles. The van der Waals surface area contributed by atoms with E-state index < -0.39 is 0 Å². The normalized spacial score (nSPS) is 10.6. The van der Waals surface area contributed by atoms with Crippen molar-refractivity contribution in [1.29, 1.82) is 0 Å². The van der Waals surface area contributed by atoms with E-state index in [-0.39, 0.29) is 29.1 Å². The van der Waals surface area contributed by atoms with Crippen molar-refractivity contribution in [1.82, 2.24) is 25.4 Å². The first-order valence-corrected chi connectivity index (χ1v) is 11.4. The minimum atomic E-state index is -0.352. The molecule has 32 heavy (non-hydrogen) atoms. The van der Waals surface area contributed by atoms with Crippen molar-refractivity contribution < 1.29 is 9.59 Å². The number of rotatable bonds is 10. The molecule has 10 heteroatoms. The quantitative estimate of drug-likeness (QED) is 0.330. The molecule has 2 aromatic carbocycles. The Labute approximate surface area is 200 Å². The molecule has 0 aliphatic heterocycles. The Bertz CT molecular complexity index is 1100. The maximum Gasteiger partial charge on any atom is 0.253 e. The van der Waals surface area contributed by atoms with Gasteiger partial charge in [-0.15, -0.1) is 16.8 Å². The molecule has 0 radical (unpaired) electrons. The second kappa shape index (κ2) is 11.7. The molecule has 3 aromatic rings. The molecule has 2 N–H and O–H groups in total. The standard InChI is InChI=1S/C22H21Cl2N5O2S/c1-2-10-29-19(13-26-21(31)17-9-8-16(23)11-18(17)24)27-28-22(29)32-14-20(30)25-12-15-6-4-3-5-7-15/h2-9,11H,1,10,12-14H2,(H,25,30)(H,26,31). The van der Waals surface area contributed by atoms with Gasteiger partial charge >= 0.3 is 0 Å². The fourth-order valence-electron chi connectivity index (χ4n) is 2.77. The molecule has 0 atom stereocenters. The van der Waals surface area contributed by atoms with Crippen LogP contribution in [-0.2, 0) is 24.4 Å². The molecule has 166 valence electrons. The van der Waals surface area contributed by atoms with Crippen LogP contribution in [0, 0.1) is 0 Å². The number of hydrogen-bond donors (Lipinski definition) is 2. The van der Waals surface area contributed by atoms with Gasteiger partial charge in [0.2, 0.25) is 5.91 Å². The van der Waals surface area contributed by atoms with Gasteiger partial charge in [0.05, 0.1) is 22.9 Å². The molecule has 0 spiro atoms. The van der Waals surface area contributed by atoms with Crippen LogP contribution in [0.15, 0.2) is 66.3 Å². The number of carbonyl (C=O) groups excluding carboxylic acids is 2. The molecule has 0 aliphatic carbocycles. The topological polar surface area (TPSA) is 88.9 Å². The van der Waals surface area contributed by atoms with Gasteiger partial charge in [-0.1, -0.05) is 71.4 Å². The lowest BCUT2D eigenvalue weighted by Crippen LogP contribution is -2.25. The molecule has 1 aromatic heterocycles. The summed E-state index contributed by atoms with van der Waals surface area (Å²) in [5.41, 5.74) is 1.34. The largest absolute Gasteiger partial charge is 0.351 e. The lowest BCUT2D eigenvalue weighted by molar-refractivity contribution is -0.118. The van der Waals surface area contributed by atoms with Gasteiger partial charge in [0.1, 0.15) is 0 Å². The fraction of sp³-hybridized carbons (Fsp3) is 0.182. The van der Waals surface area contributed by atoms with E-state index in [0.29, 0.717) is 34.7 Å². The summed E-state index contributed by atoms with van der Waals surface area (Å²) in [5.74, 6) is 0.263. The van der Waals surface area contributed by atoms with Crippen LogP contribution in [-0.4, -0.2) is 32.3 Å². The molecule has 0 unspecified atom stereocenters. The van der Waals surface area contributed by atoms with E-state index in [0.717, 1.165) is 5.56 Å². The number of halogens is 2. The highest BCUT2D eigenvalue weighted by molar-refractivity contribution is 7.99. The average molecular weight is 490 g/mol. The number of benzene rings is 2. The summed E-state index contributed by atoms with van der Waals surface area (Å²) in [6, 6.07) is 14.3. The van der Waals surface area contributed by atoms with Gasteiger partial charge in [-0.05, 0) is 23.8 Å². The molecule has 0 fully saturated rings. The fourth-order valence-corrected chi connectivity index (χ4v) is 4.07. The van der Waals surface area contributed by atoms with Gasteiger partial charge < -0.3 is 15.2 Å². The van der Waals surface area contributed by atoms with Gasteiger partial charge in [-0.25, -0.2) is 0 Å². The molecule has 0 bridgehead atoms. The van der Waals surface area contributed by atoms with Crippen LogP contribution in [0.4, 0.5) is 0 Å². The van der Waals surface area contributed by atoms with Gasteiger partial charge in [0.15, 0.2) is 11.0 Å². The van der Waals surface area contributed by atoms with Crippen molar-refractivity contribution in [2.75, 3.05) is 5.75 Å². The SMILES string of the molecule is C=CCn1c(CNC(=O)c2ccc(Cl)cc2Cl)nnc1SCC(=O)NCc1ccccc1. The van der Waals surface area contributed by atoms with Gasteiger partial charge in [0.25, 0.3) is 5.91 Å². The number of thioether (sulfide) groups is 1. The first kappa shape index (κ1) is 23.8. The summed E-state index contributed by atoms with van der Waals surface area (Å²) in [6.45, 7) is 4.80. The molecule has 3 rings (SSSR count). The van der Waals surface area contributed by atoms with Crippen molar-refractivity contribution in [2.24, 2.45) is 0 Å². The average Bonchev–Trinajstić information content (AvgIpc) is 3.17. The molecule has 0 aliphatic rings. The Morgan fingerprint density at radius 2 is 1.84 bits per heavy atom. The molecule has 0 saturated heterocycles. The predicted octanol–water partition coefficient (Wildman–Crippen LogP) is 4.11. The van der Waals surface area contributed by atoms with E-state index in [2.05, 4.69) is 27.4 Å². The van der Waals surface area contributed by atoms with Crippen LogP contribution in [0.25, 0.3) is 0 Å². The van der Waals surface area contributed by atoms with E-state index >= 15 is 0 Å². The summed E-state index contributed by atoms with van der Waals surface area (Å²) >= 11 is 13.2. The predicted molar refractivity (Wildman–Crippen MR) is 127 cm³/mol. The third-order valence-corrected chi connectivity index (χ3v) is 5.87. The lowest BCUT2D eigenvalue weighted by atomic mass is 10.2. The van der Waals surface area contributed by atoms with E-state index in [4.69, 9.17) is 23.2 Å². The molecular formula is C22H21Cl2N5O2S. The van der Waals surface area contributed by atoms with Crippen molar-refractivity contribution >= 4 is 46.8 Å². The van der Waals surface area contributed by atoms with Gasteiger partial charge in [-0.2, -0.15) is 0 Å². The number of hydrogen-bond acceptors (Lipinski definition) is 5. The van der Waals surface area contributed by atoms with E-state index in [9.17, 15) is 9.59 Å². The summed E-state index contributed by atoms with van der Waals surface area (Å²) in [6.07, 6.45) is 1.70. The summed E-state index contributed by atoms with van der Waals surface area (Å²) < 4.78 is 1.80. The highest BCUT2D eigenvalue weighted by Crippen LogP contribution is 2.21. The summed E-state index contributed by atoms with van der Waals surface area (Å²) in [5, 5.41) is 15.2. The maximum absolute atomic E-state index is 12.5. The Kier molecular flexibility index (Phi) is 8.72. The van der Waals surface area contributed by atoms with Crippen LogP contribution in [0.5, 0.6) is 0 Å². The maximum atomic E-state index is 12.5. The minimum Gasteiger partial charge on any atom is -0.351 e. The van der Waals surface area contributed by atoms with Crippen LogP contribution in [0.3, 0.4) is 0 Å².